The first-order chi connectivity index (χ1) is 17.3. The second kappa shape index (κ2) is 11.2. The summed E-state index contributed by atoms with van der Waals surface area (Å²) < 4.78 is 18.7. The number of nitrogens with one attached hydrogen (secondary N) is 2. The molecule has 0 radical (unpaired) electrons. The van der Waals surface area contributed by atoms with Crippen LogP contribution in [0.4, 0.5) is 15.8 Å². The number of benzene rings is 3. The third-order valence-corrected chi connectivity index (χ3v) is 6.09. The highest BCUT2D eigenvalue weighted by Gasteiger charge is 2.35. The van der Waals surface area contributed by atoms with E-state index in [2.05, 4.69) is 10.6 Å². The molecule has 2 N–H and O–H groups in total. The summed E-state index contributed by atoms with van der Waals surface area (Å²) in [7, 11) is 0. The Bertz CT molecular complexity index is 1270. The van der Waals surface area contributed by atoms with Crippen molar-refractivity contribution in [2.75, 3.05) is 23.4 Å². The predicted molar refractivity (Wildman–Crippen MR) is 135 cm³/mol. The van der Waals surface area contributed by atoms with Crippen molar-refractivity contribution in [3.05, 3.63) is 88.7 Å². The highest BCUT2D eigenvalue weighted by Crippen LogP contribution is 2.27. The van der Waals surface area contributed by atoms with Crippen molar-refractivity contribution < 1.29 is 23.5 Å². The van der Waals surface area contributed by atoms with Crippen molar-refractivity contribution in [3.63, 3.8) is 0 Å². The van der Waals surface area contributed by atoms with Crippen LogP contribution in [-0.4, -0.2) is 30.9 Å². The standard InChI is InChI=1S/C27H25ClFN3O4/c1-17-2-4-18(5-3-17)14-30-27(35)19-12-26(34)32(15-19)21-7-9-22(10-8-21)36-16-25(33)31-20-6-11-24(29)23(28)13-20/h2-11,13,19H,12,14-16H2,1H3,(H,30,35)(H,31,33)/t19-/m1/s1. The number of aryl methyl sites for hydroxylation is 1. The molecule has 1 heterocycles. The van der Waals surface area contributed by atoms with Gasteiger partial charge in [-0.1, -0.05) is 41.4 Å². The van der Waals surface area contributed by atoms with Crippen molar-refractivity contribution in [3.8, 4) is 5.75 Å². The largest absolute Gasteiger partial charge is 0.484 e. The van der Waals surface area contributed by atoms with Gasteiger partial charge in [0.25, 0.3) is 5.91 Å². The van der Waals surface area contributed by atoms with Gasteiger partial charge >= 0.3 is 0 Å². The molecule has 4 rings (SSSR count). The van der Waals surface area contributed by atoms with Crippen molar-refractivity contribution in [1.29, 1.82) is 0 Å². The molecule has 0 unspecified atom stereocenters. The first-order valence-electron chi connectivity index (χ1n) is 11.4. The van der Waals surface area contributed by atoms with Crippen LogP contribution in [0.3, 0.4) is 0 Å². The molecule has 3 amide bonds. The van der Waals surface area contributed by atoms with E-state index in [-0.39, 0.29) is 29.9 Å². The SMILES string of the molecule is Cc1ccc(CNC(=O)[C@@H]2CC(=O)N(c3ccc(OCC(=O)Nc4ccc(F)c(Cl)c4)cc3)C2)cc1. The van der Waals surface area contributed by atoms with E-state index in [4.69, 9.17) is 16.3 Å². The lowest BCUT2D eigenvalue weighted by Gasteiger charge is -2.17. The molecule has 1 fully saturated rings. The van der Waals surface area contributed by atoms with E-state index in [0.29, 0.717) is 30.2 Å². The fourth-order valence-electron chi connectivity index (χ4n) is 3.81. The zero-order valence-corrected chi connectivity index (χ0v) is 20.3. The Kier molecular flexibility index (Phi) is 7.85. The number of nitrogens with zero attached hydrogens (tertiary/aromatic N) is 1. The molecule has 1 aliphatic rings. The topological polar surface area (TPSA) is 87.7 Å². The number of carbonyl (C=O) groups is 3. The number of hydrogen-bond donors (Lipinski definition) is 2. The third kappa shape index (κ3) is 6.40. The van der Waals surface area contributed by atoms with Gasteiger partial charge in [-0.15, -0.1) is 0 Å². The van der Waals surface area contributed by atoms with Crippen LogP contribution < -0.4 is 20.3 Å². The fourth-order valence-corrected chi connectivity index (χ4v) is 3.99. The second-order valence-electron chi connectivity index (χ2n) is 8.57. The van der Waals surface area contributed by atoms with E-state index in [1.165, 1.54) is 12.1 Å². The maximum atomic E-state index is 13.2. The number of ether oxygens (including phenoxy) is 1. The number of amides is 3. The van der Waals surface area contributed by atoms with Gasteiger partial charge in [0, 0.05) is 30.9 Å². The molecule has 0 aliphatic carbocycles. The number of anilines is 2. The van der Waals surface area contributed by atoms with Gasteiger partial charge in [0.1, 0.15) is 11.6 Å². The molecule has 0 spiro atoms. The van der Waals surface area contributed by atoms with Gasteiger partial charge in [0.05, 0.1) is 10.9 Å². The molecule has 9 heteroatoms. The van der Waals surface area contributed by atoms with Crippen LogP contribution in [0.2, 0.25) is 5.02 Å². The van der Waals surface area contributed by atoms with E-state index < -0.39 is 17.6 Å². The summed E-state index contributed by atoms with van der Waals surface area (Å²) in [6.07, 6.45) is 0.144. The molecule has 1 aliphatic heterocycles. The molecule has 3 aromatic rings. The minimum atomic E-state index is -0.573. The van der Waals surface area contributed by atoms with Crippen LogP contribution in [-0.2, 0) is 20.9 Å². The second-order valence-corrected chi connectivity index (χ2v) is 8.98. The van der Waals surface area contributed by atoms with Gasteiger partial charge in [-0.25, -0.2) is 4.39 Å². The van der Waals surface area contributed by atoms with Crippen molar-refractivity contribution in [2.24, 2.45) is 5.92 Å². The summed E-state index contributed by atoms with van der Waals surface area (Å²) in [4.78, 5) is 38.8. The Balaban J connectivity index is 1.26. The molecule has 3 aromatic carbocycles. The molecule has 0 saturated carbocycles. The summed E-state index contributed by atoms with van der Waals surface area (Å²) in [6.45, 7) is 2.45. The van der Waals surface area contributed by atoms with Gasteiger partial charge in [0.2, 0.25) is 11.8 Å². The minimum absolute atomic E-state index is 0.0910. The Morgan fingerprint density at radius 2 is 1.81 bits per heavy atom. The molecule has 7 nitrogen and oxygen atoms in total. The maximum Gasteiger partial charge on any atom is 0.262 e. The van der Waals surface area contributed by atoms with Gasteiger partial charge in [-0.2, -0.15) is 0 Å². The fraction of sp³-hybridized carbons (Fsp3) is 0.222. The zero-order chi connectivity index (χ0) is 25.7. The van der Waals surface area contributed by atoms with E-state index in [0.717, 1.165) is 17.2 Å². The van der Waals surface area contributed by atoms with Crippen molar-refractivity contribution in [1.82, 2.24) is 5.32 Å². The molecular formula is C27H25ClFN3O4. The molecule has 186 valence electrons. The van der Waals surface area contributed by atoms with Crippen LogP contribution in [0.15, 0.2) is 66.7 Å². The van der Waals surface area contributed by atoms with Crippen LogP contribution in [0.25, 0.3) is 0 Å². The van der Waals surface area contributed by atoms with Gasteiger partial charge in [-0.3, -0.25) is 14.4 Å². The summed E-state index contributed by atoms with van der Waals surface area (Å²) in [5.41, 5.74) is 3.15. The Morgan fingerprint density at radius 3 is 2.50 bits per heavy atom. The Morgan fingerprint density at radius 1 is 1.08 bits per heavy atom. The van der Waals surface area contributed by atoms with Gasteiger partial charge < -0.3 is 20.3 Å². The first-order valence-corrected chi connectivity index (χ1v) is 11.8. The lowest BCUT2D eigenvalue weighted by molar-refractivity contribution is -0.126. The van der Waals surface area contributed by atoms with Crippen LogP contribution in [0, 0.1) is 18.7 Å². The average Bonchev–Trinajstić information content (AvgIpc) is 3.26. The maximum absolute atomic E-state index is 13.2. The Hall–Kier alpha value is -3.91. The number of carbonyl (C=O) groups excluding carboxylic acids is 3. The molecule has 1 saturated heterocycles. The predicted octanol–water partition coefficient (Wildman–Crippen LogP) is 4.47. The monoisotopic (exact) mass is 509 g/mol. The van der Waals surface area contributed by atoms with Gasteiger partial charge in [0.15, 0.2) is 6.61 Å². The lowest BCUT2D eigenvalue weighted by Crippen LogP contribution is -2.32. The first kappa shape index (κ1) is 25.2. The molecule has 0 aromatic heterocycles. The number of rotatable bonds is 8. The van der Waals surface area contributed by atoms with E-state index in [9.17, 15) is 18.8 Å². The summed E-state index contributed by atoms with van der Waals surface area (Å²) in [6, 6.07) is 18.5. The highest BCUT2D eigenvalue weighted by atomic mass is 35.5. The molecule has 1 atom stereocenters. The lowest BCUT2D eigenvalue weighted by atomic mass is 10.1. The summed E-state index contributed by atoms with van der Waals surface area (Å²) in [5, 5.41) is 5.39. The quantitative estimate of drug-likeness (QED) is 0.469. The van der Waals surface area contributed by atoms with E-state index in [1.807, 2.05) is 31.2 Å². The van der Waals surface area contributed by atoms with E-state index >= 15 is 0 Å². The number of hydrogen-bond acceptors (Lipinski definition) is 4. The third-order valence-electron chi connectivity index (χ3n) is 5.80. The van der Waals surface area contributed by atoms with Crippen molar-refractivity contribution >= 4 is 40.7 Å². The van der Waals surface area contributed by atoms with E-state index in [1.54, 1.807) is 29.2 Å². The van der Waals surface area contributed by atoms with Crippen LogP contribution in [0.1, 0.15) is 17.5 Å². The van der Waals surface area contributed by atoms with Gasteiger partial charge in [-0.05, 0) is 55.0 Å². The molecule has 36 heavy (non-hydrogen) atoms. The van der Waals surface area contributed by atoms with Crippen LogP contribution in [0.5, 0.6) is 5.75 Å². The number of halogens is 2. The van der Waals surface area contributed by atoms with Crippen molar-refractivity contribution in [2.45, 2.75) is 19.9 Å². The zero-order valence-electron chi connectivity index (χ0n) is 19.6. The summed E-state index contributed by atoms with van der Waals surface area (Å²) >= 11 is 5.71. The highest BCUT2D eigenvalue weighted by molar-refractivity contribution is 6.31. The normalized spacial score (nSPS) is 15.0. The average molecular weight is 510 g/mol. The minimum Gasteiger partial charge on any atom is -0.484 e. The Labute approximate surface area is 213 Å². The summed E-state index contributed by atoms with van der Waals surface area (Å²) in [5.74, 6) is -1.28. The smallest absolute Gasteiger partial charge is 0.262 e. The van der Waals surface area contributed by atoms with Crippen LogP contribution >= 0.6 is 11.6 Å². The molecule has 0 bridgehead atoms. The molecular weight excluding hydrogens is 485 g/mol.